The van der Waals surface area contributed by atoms with E-state index in [0.29, 0.717) is 45.6 Å². The molecule has 8 rings (SSSR count). The zero-order chi connectivity index (χ0) is 46.4. The largest absolute Gasteiger partial charge is 0.445 e. The second-order valence-electron chi connectivity index (χ2n) is 19.0. The number of hydrazine groups is 1. The van der Waals surface area contributed by atoms with E-state index in [9.17, 15) is 19.5 Å². The molecule has 3 saturated heterocycles. The Balaban J connectivity index is 1.08. The Morgan fingerprint density at radius 1 is 1.00 bits per heavy atom. The maximum atomic E-state index is 13.7. The van der Waals surface area contributed by atoms with Crippen LogP contribution in [0.5, 0.6) is 0 Å². The summed E-state index contributed by atoms with van der Waals surface area (Å²) in [4.78, 5) is 52.3. The SMILES string of the molecule is CCn1c(-c2cc(N3CCN(C4CC4)CC3)cnc2[C@H](C)OC)c(CC(C)(C)CO)c2cc(N3CCO[C@@H](C[C@H](NC(=O)OCc4ccccc4)C(=O)OC(=O)C4CCCNN4)C3)ccc21. The van der Waals surface area contributed by atoms with Gasteiger partial charge < -0.3 is 43.7 Å². The van der Waals surface area contributed by atoms with Crippen LogP contribution in [0.2, 0.25) is 0 Å². The van der Waals surface area contributed by atoms with Crippen molar-refractivity contribution in [1.82, 2.24) is 30.6 Å². The predicted octanol–water partition coefficient (Wildman–Crippen LogP) is 5.49. The number of aromatic nitrogens is 2. The lowest BCUT2D eigenvalue weighted by Crippen LogP contribution is -2.53. The smallest absolute Gasteiger partial charge is 0.408 e. The standard InChI is InChI=1S/C50H68N8O8/c1-6-58-44-17-16-36(57-23-24-64-38(30-57)27-43(48(61)66-47(60)42-13-10-18-52-54-42)53-49(62)65-31-34-11-8-7-9-12-34)25-39(44)41(28-50(3,4)32-59)46(58)40-26-37(29-51-45(40)33(2)63-5)56-21-19-55(20-22-56)35-14-15-35/h7-9,11-12,16-17,25-26,29,33,35,38,42-43,52,54,59H,6,10,13-15,18-24,27-28,30-32H2,1-5H3,(H,53,62)/t33-,38-,42?,43-/m0/s1. The van der Waals surface area contributed by atoms with E-state index in [-0.39, 0.29) is 25.7 Å². The number of pyridine rings is 1. The van der Waals surface area contributed by atoms with Crippen molar-refractivity contribution in [2.75, 3.05) is 75.9 Å². The minimum Gasteiger partial charge on any atom is -0.445 e. The van der Waals surface area contributed by atoms with Crippen LogP contribution in [0.15, 0.2) is 60.8 Å². The molecule has 4 N–H and O–H groups in total. The van der Waals surface area contributed by atoms with Crippen molar-refractivity contribution in [1.29, 1.82) is 0 Å². The summed E-state index contributed by atoms with van der Waals surface area (Å²) in [5, 5.41) is 14.5. The highest BCUT2D eigenvalue weighted by Crippen LogP contribution is 2.43. The van der Waals surface area contributed by atoms with E-state index in [1.807, 2.05) is 43.5 Å². The summed E-state index contributed by atoms with van der Waals surface area (Å²) in [6.45, 7) is 15.2. The minimum atomic E-state index is -1.22. The summed E-state index contributed by atoms with van der Waals surface area (Å²) in [7, 11) is 1.72. The number of nitrogens with zero attached hydrogens (tertiary/aromatic N) is 5. The molecule has 0 radical (unpaired) electrons. The molecule has 4 fully saturated rings. The third-order valence-electron chi connectivity index (χ3n) is 13.5. The lowest BCUT2D eigenvalue weighted by Gasteiger charge is -2.36. The first-order chi connectivity index (χ1) is 31.9. The Hall–Kier alpha value is -5.10. The van der Waals surface area contributed by atoms with Gasteiger partial charge in [-0.3, -0.25) is 15.3 Å². The van der Waals surface area contributed by atoms with E-state index in [1.165, 1.54) is 12.8 Å². The number of ether oxygens (including phenoxy) is 4. The van der Waals surface area contributed by atoms with E-state index in [2.05, 4.69) is 80.5 Å². The molecule has 5 heterocycles. The molecule has 1 unspecified atom stereocenters. The molecule has 16 heteroatoms. The lowest BCUT2D eigenvalue weighted by molar-refractivity contribution is -0.164. The highest BCUT2D eigenvalue weighted by molar-refractivity contribution is 5.95. The van der Waals surface area contributed by atoms with E-state index < -0.39 is 41.6 Å². The molecular weight excluding hydrogens is 841 g/mol. The molecule has 4 aromatic rings. The molecule has 1 saturated carbocycles. The van der Waals surface area contributed by atoms with Gasteiger partial charge in [0.15, 0.2) is 0 Å². The third-order valence-corrected chi connectivity index (χ3v) is 13.5. The number of carbonyl (C=O) groups excluding carboxylic acids is 3. The monoisotopic (exact) mass is 909 g/mol. The van der Waals surface area contributed by atoms with E-state index in [1.54, 1.807) is 7.11 Å². The molecule has 4 aliphatic rings. The number of piperazine rings is 1. The molecular formula is C50H68N8O8. The summed E-state index contributed by atoms with van der Waals surface area (Å²) in [5.74, 6) is -1.59. The number of nitrogens with one attached hydrogen (secondary N) is 3. The van der Waals surface area contributed by atoms with Gasteiger partial charge in [-0.05, 0) is 86.8 Å². The van der Waals surface area contributed by atoms with Gasteiger partial charge in [-0.25, -0.2) is 19.8 Å². The van der Waals surface area contributed by atoms with Gasteiger partial charge in [0, 0.05) is 101 Å². The van der Waals surface area contributed by atoms with Crippen LogP contribution in [0.4, 0.5) is 16.2 Å². The average Bonchev–Trinajstić information content (AvgIpc) is 4.16. The van der Waals surface area contributed by atoms with Gasteiger partial charge in [0.2, 0.25) is 0 Å². The van der Waals surface area contributed by atoms with Crippen LogP contribution in [-0.4, -0.2) is 128 Å². The molecule has 1 aliphatic carbocycles. The van der Waals surface area contributed by atoms with Gasteiger partial charge >= 0.3 is 18.0 Å². The summed E-state index contributed by atoms with van der Waals surface area (Å²) in [5.41, 5.74) is 13.5. The number of aliphatic hydroxyl groups excluding tert-OH is 1. The van der Waals surface area contributed by atoms with Crippen molar-refractivity contribution in [3.8, 4) is 11.3 Å². The number of anilines is 2. The molecule has 0 spiro atoms. The molecule has 16 nitrogen and oxygen atoms in total. The van der Waals surface area contributed by atoms with Gasteiger partial charge in [-0.1, -0.05) is 44.2 Å². The van der Waals surface area contributed by atoms with E-state index in [4.69, 9.17) is 23.9 Å². The maximum Gasteiger partial charge on any atom is 0.408 e. The Morgan fingerprint density at radius 2 is 1.79 bits per heavy atom. The zero-order valence-corrected chi connectivity index (χ0v) is 39.2. The predicted molar refractivity (Wildman–Crippen MR) is 253 cm³/mol. The second-order valence-corrected chi connectivity index (χ2v) is 19.0. The molecule has 2 aromatic heterocycles. The quantitative estimate of drug-likeness (QED) is 0.0774. The molecule has 1 amide bonds. The molecule has 356 valence electrons. The number of amides is 1. The van der Waals surface area contributed by atoms with Crippen LogP contribution in [0.25, 0.3) is 22.2 Å². The fourth-order valence-corrected chi connectivity index (χ4v) is 9.57. The number of esters is 2. The number of alkyl carbamates (subject to hydrolysis) is 1. The number of carbonyl (C=O) groups is 3. The Morgan fingerprint density at radius 3 is 2.48 bits per heavy atom. The Bertz CT molecular complexity index is 2300. The van der Waals surface area contributed by atoms with Crippen molar-refractivity contribution in [3.63, 3.8) is 0 Å². The van der Waals surface area contributed by atoms with Crippen molar-refractivity contribution >= 4 is 40.3 Å². The highest BCUT2D eigenvalue weighted by atomic mass is 16.6. The number of hydrogen-bond donors (Lipinski definition) is 4. The lowest BCUT2D eigenvalue weighted by atomic mass is 9.84. The van der Waals surface area contributed by atoms with Crippen LogP contribution < -0.4 is 26.0 Å². The Labute approximate surface area is 388 Å². The zero-order valence-electron chi connectivity index (χ0n) is 39.2. The summed E-state index contributed by atoms with van der Waals surface area (Å²) >= 11 is 0. The van der Waals surface area contributed by atoms with Crippen LogP contribution in [0, 0.1) is 5.41 Å². The van der Waals surface area contributed by atoms with Crippen molar-refractivity contribution < 1.29 is 38.4 Å². The van der Waals surface area contributed by atoms with Crippen LogP contribution in [-0.2, 0) is 48.1 Å². The second kappa shape index (κ2) is 21.2. The van der Waals surface area contributed by atoms with Gasteiger partial charge in [0.25, 0.3) is 0 Å². The number of fused-ring (bicyclic) bond motifs is 1. The van der Waals surface area contributed by atoms with Crippen LogP contribution in [0.1, 0.15) is 82.7 Å². The molecule has 0 bridgehead atoms. The molecule has 2 aromatic carbocycles. The first-order valence-electron chi connectivity index (χ1n) is 23.8. The van der Waals surface area contributed by atoms with Gasteiger partial charge in [-0.2, -0.15) is 0 Å². The first-order valence-corrected chi connectivity index (χ1v) is 23.8. The minimum absolute atomic E-state index is 0.00643. The van der Waals surface area contributed by atoms with E-state index >= 15 is 0 Å². The van der Waals surface area contributed by atoms with Gasteiger partial charge in [0.1, 0.15) is 18.7 Å². The number of aliphatic hydroxyl groups is 1. The van der Waals surface area contributed by atoms with Crippen LogP contribution in [0.3, 0.4) is 0 Å². The third kappa shape index (κ3) is 11.2. The Kier molecular flexibility index (Phi) is 15.3. The normalized spacial score (nSPS) is 20.5. The molecule has 4 atom stereocenters. The van der Waals surface area contributed by atoms with Gasteiger partial charge in [-0.15, -0.1) is 0 Å². The number of methoxy groups -OCH3 is 1. The summed E-state index contributed by atoms with van der Waals surface area (Å²) < 4.78 is 25.4. The van der Waals surface area contributed by atoms with Crippen molar-refractivity contribution in [3.05, 3.63) is 77.6 Å². The average molecular weight is 909 g/mol. The first kappa shape index (κ1) is 47.4. The maximum absolute atomic E-state index is 13.7. The molecule has 3 aliphatic heterocycles. The number of aryl methyl sites for hydroxylation is 1. The number of morpholine rings is 1. The van der Waals surface area contributed by atoms with Gasteiger partial charge in [0.05, 0.1) is 42.1 Å². The van der Waals surface area contributed by atoms with Crippen molar-refractivity contribution in [2.45, 2.75) is 110 Å². The number of rotatable bonds is 17. The fraction of sp³-hybridized carbons (Fsp3) is 0.560. The van der Waals surface area contributed by atoms with Crippen LogP contribution >= 0.6 is 0 Å². The fourth-order valence-electron chi connectivity index (χ4n) is 9.57. The van der Waals surface area contributed by atoms with Crippen molar-refractivity contribution in [2.24, 2.45) is 5.41 Å². The number of hydrogen-bond acceptors (Lipinski definition) is 14. The molecule has 66 heavy (non-hydrogen) atoms. The number of benzene rings is 2. The topological polar surface area (TPSA) is 172 Å². The summed E-state index contributed by atoms with van der Waals surface area (Å²) in [6, 6.07) is 16.9. The van der Waals surface area contributed by atoms with E-state index in [0.717, 1.165) is 89.0 Å². The highest BCUT2D eigenvalue weighted by Gasteiger charge is 2.36. The summed E-state index contributed by atoms with van der Waals surface area (Å²) in [6.07, 6.45) is 4.96.